The Morgan fingerprint density at radius 1 is 1.08 bits per heavy atom. The summed E-state index contributed by atoms with van der Waals surface area (Å²) in [5, 5.41) is 13.6. The van der Waals surface area contributed by atoms with Gasteiger partial charge in [0.1, 0.15) is 5.54 Å². The summed E-state index contributed by atoms with van der Waals surface area (Å²) in [6.07, 6.45) is 5.27. The molecule has 0 spiro atoms. The summed E-state index contributed by atoms with van der Waals surface area (Å²) >= 11 is 1.70. The normalized spacial score (nSPS) is 26.9. The number of hydrogen-bond donors (Lipinski definition) is 3. The van der Waals surface area contributed by atoms with Gasteiger partial charge in [-0.3, -0.25) is 13.9 Å². The van der Waals surface area contributed by atoms with Gasteiger partial charge >= 0.3 is 0 Å². The van der Waals surface area contributed by atoms with Crippen LogP contribution in [0.5, 0.6) is 0 Å². The van der Waals surface area contributed by atoms with Crippen LogP contribution in [0.4, 0.5) is 10.8 Å². The number of ether oxygens (including phenoxy) is 1. The van der Waals surface area contributed by atoms with Crippen molar-refractivity contribution < 1.29 is 18.6 Å². The first kappa shape index (κ1) is 26.8. The summed E-state index contributed by atoms with van der Waals surface area (Å²) < 4.78 is 25.5. The first-order valence-electron chi connectivity index (χ1n) is 14.0. The van der Waals surface area contributed by atoms with Gasteiger partial charge in [0.15, 0.2) is 5.13 Å². The molecule has 0 unspecified atom stereocenters. The number of anilines is 2. The fourth-order valence-electron chi connectivity index (χ4n) is 5.97. The van der Waals surface area contributed by atoms with Crippen LogP contribution in [0.2, 0.25) is 0 Å². The second-order valence-electron chi connectivity index (χ2n) is 11.2. The molecule has 39 heavy (non-hydrogen) atoms. The van der Waals surface area contributed by atoms with E-state index in [-0.39, 0.29) is 17.7 Å². The van der Waals surface area contributed by atoms with Crippen LogP contribution >= 0.6 is 21.9 Å². The second kappa shape index (κ2) is 10.9. The van der Waals surface area contributed by atoms with Gasteiger partial charge in [-0.2, -0.15) is 15.9 Å². The summed E-state index contributed by atoms with van der Waals surface area (Å²) in [4.78, 5) is 24.3. The number of amides is 1. The lowest BCUT2D eigenvalue weighted by Crippen LogP contribution is -2.42. The van der Waals surface area contributed by atoms with E-state index in [1.165, 1.54) is 0 Å². The van der Waals surface area contributed by atoms with Crippen molar-refractivity contribution >= 4 is 38.7 Å². The first-order chi connectivity index (χ1) is 18.9. The van der Waals surface area contributed by atoms with Crippen molar-refractivity contribution in [2.45, 2.75) is 50.0 Å². The standard InChI is InChI=1S/C28H37N5O4S2/c29-19-28(9-10-28)31-26(34)23-4-2-1-3-22(23)24-25(38-27(30-24)33-11-15-37-16-12-33)20-5-7-21(8-6-20)32-13-17-39(35,36)18-14-32/h5-8,22-23,35-36H,1-4,9-18H2,(H,31,34)/t22-,23-/m1/s1. The molecule has 2 aliphatic carbocycles. The van der Waals surface area contributed by atoms with E-state index in [9.17, 15) is 19.2 Å². The van der Waals surface area contributed by atoms with E-state index in [1.54, 1.807) is 11.3 Å². The maximum atomic E-state index is 13.5. The average molecular weight is 572 g/mol. The molecule has 0 bridgehead atoms. The van der Waals surface area contributed by atoms with Crippen LogP contribution in [-0.2, 0) is 9.53 Å². The molecule has 9 nitrogen and oxygen atoms in total. The van der Waals surface area contributed by atoms with E-state index < -0.39 is 16.1 Å². The van der Waals surface area contributed by atoms with Crippen LogP contribution in [-0.4, -0.2) is 76.4 Å². The van der Waals surface area contributed by atoms with E-state index in [0.29, 0.717) is 37.8 Å². The predicted molar refractivity (Wildman–Crippen MR) is 156 cm³/mol. The Kier molecular flexibility index (Phi) is 7.50. The lowest BCUT2D eigenvalue weighted by atomic mass is 9.76. The molecular weight excluding hydrogens is 534 g/mol. The number of thiazole rings is 1. The van der Waals surface area contributed by atoms with E-state index in [0.717, 1.165) is 78.6 Å². The molecule has 2 aromatic rings. The molecule has 2 saturated carbocycles. The summed E-state index contributed by atoms with van der Waals surface area (Å²) in [6.45, 7) is 4.25. The SMILES string of the molecule is N#CC1(NC(=O)[C@@H]2CCCC[C@H]2c2nc(N3CCOCC3)sc2-c2ccc(N3CCS(O)(O)CC3)cc2)CC1. The third-order valence-corrected chi connectivity index (χ3v) is 11.4. The van der Waals surface area contributed by atoms with Gasteiger partial charge < -0.3 is 19.9 Å². The molecular formula is C28H37N5O4S2. The maximum Gasteiger partial charge on any atom is 0.225 e. The minimum Gasteiger partial charge on any atom is -0.378 e. The monoisotopic (exact) mass is 571 g/mol. The average Bonchev–Trinajstić information content (AvgIpc) is 3.60. The van der Waals surface area contributed by atoms with Gasteiger partial charge in [0.05, 0.1) is 41.4 Å². The van der Waals surface area contributed by atoms with Gasteiger partial charge in [-0.05, 0) is 43.4 Å². The number of hydrogen-bond acceptors (Lipinski definition) is 9. The van der Waals surface area contributed by atoms with Crippen molar-refractivity contribution in [3.05, 3.63) is 30.0 Å². The van der Waals surface area contributed by atoms with Crippen molar-refractivity contribution in [3.63, 3.8) is 0 Å². The Hall–Kier alpha value is -2.36. The fourth-order valence-corrected chi connectivity index (χ4v) is 8.39. The Balaban J connectivity index is 1.30. The minimum absolute atomic E-state index is 0.00274. The summed E-state index contributed by atoms with van der Waals surface area (Å²) in [7, 11) is -2.43. The smallest absolute Gasteiger partial charge is 0.225 e. The van der Waals surface area contributed by atoms with Crippen LogP contribution in [0.1, 0.15) is 50.1 Å². The van der Waals surface area contributed by atoms with Gasteiger partial charge in [0, 0.05) is 43.7 Å². The molecule has 3 N–H and O–H groups in total. The Labute approximate surface area is 235 Å². The van der Waals surface area contributed by atoms with Crippen LogP contribution in [0.3, 0.4) is 0 Å². The molecule has 11 heteroatoms. The van der Waals surface area contributed by atoms with Gasteiger partial charge in [0.2, 0.25) is 5.91 Å². The number of rotatable bonds is 6. The third kappa shape index (κ3) is 5.77. The quantitative estimate of drug-likeness (QED) is 0.458. The molecule has 2 atom stereocenters. The number of nitrogens with zero attached hydrogens (tertiary/aromatic N) is 4. The summed E-state index contributed by atoms with van der Waals surface area (Å²) in [5.74, 6) is 0.651. The first-order valence-corrected chi connectivity index (χ1v) is 16.7. The molecule has 3 heterocycles. The number of aromatic nitrogens is 1. The molecule has 4 aliphatic rings. The molecule has 4 fully saturated rings. The highest BCUT2D eigenvalue weighted by Gasteiger charge is 2.47. The molecule has 6 rings (SSSR count). The second-order valence-corrected chi connectivity index (χ2v) is 14.6. The summed E-state index contributed by atoms with van der Waals surface area (Å²) in [6, 6.07) is 10.8. The van der Waals surface area contributed by atoms with E-state index >= 15 is 0 Å². The largest absolute Gasteiger partial charge is 0.378 e. The third-order valence-electron chi connectivity index (χ3n) is 8.58. The topological polar surface area (TPSA) is 122 Å². The van der Waals surface area contributed by atoms with Gasteiger partial charge in [-0.1, -0.05) is 36.3 Å². The Morgan fingerprint density at radius 3 is 2.44 bits per heavy atom. The lowest BCUT2D eigenvalue weighted by molar-refractivity contribution is -0.127. The number of carbonyl (C=O) groups excluding carboxylic acids is 1. The fraction of sp³-hybridized carbons (Fsp3) is 0.607. The predicted octanol–water partition coefficient (Wildman–Crippen LogP) is 4.66. The highest BCUT2D eigenvalue weighted by atomic mass is 32.3. The zero-order chi connectivity index (χ0) is 27.0. The van der Waals surface area contributed by atoms with Crippen LogP contribution in [0.15, 0.2) is 24.3 Å². The number of morpholine rings is 1. The van der Waals surface area contributed by atoms with Gasteiger partial charge in [-0.15, -0.1) is 0 Å². The zero-order valence-electron chi connectivity index (χ0n) is 22.2. The van der Waals surface area contributed by atoms with Crippen LogP contribution in [0.25, 0.3) is 10.4 Å². The number of carbonyl (C=O) groups is 1. The zero-order valence-corrected chi connectivity index (χ0v) is 23.8. The highest BCUT2D eigenvalue weighted by Crippen LogP contribution is 2.47. The molecule has 0 radical (unpaired) electrons. The van der Waals surface area contributed by atoms with Crippen molar-refractivity contribution in [1.29, 1.82) is 5.26 Å². The molecule has 1 aromatic heterocycles. The van der Waals surface area contributed by atoms with E-state index in [4.69, 9.17) is 9.72 Å². The minimum atomic E-state index is -2.43. The van der Waals surface area contributed by atoms with E-state index in [1.807, 2.05) is 0 Å². The molecule has 1 amide bonds. The Morgan fingerprint density at radius 2 is 1.77 bits per heavy atom. The van der Waals surface area contributed by atoms with E-state index in [2.05, 4.69) is 45.5 Å². The van der Waals surface area contributed by atoms with Crippen molar-refractivity contribution in [2.24, 2.45) is 5.92 Å². The highest BCUT2D eigenvalue weighted by molar-refractivity contribution is 8.24. The number of nitriles is 1. The van der Waals surface area contributed by atoms with Gasteiger partial charge in [0.25, 0.3) is 0 Å². The van der Waals surface area contributed by atoms with Crippen molar-refractivity contribution in [1.82, 2.24) is 10.3 Å². The number of nitrogens with one attached hydrogen (secondary N) is 1. The van der Waals surface area contributed by atoms with Crippen LogP contribution in [0, 0.1) is 17.2 Å². The molecule has 1 aromatic carbocycles. The summed E-state index contributed by atoms with van der Waals surface area (Å²) in [5.41, 5.74) is 2.50. The maximum absolute atomic E-state index is 13.5. The van der Waals surface area contributed by atoms with Crippen molar-refractivity contribution in [3.8, 4) is 16.5 Å². The Bertz CT molecular complexity index is 1220. The molecule has 2 aliphatic heterocycles. The molecule has 2 saturated heterocycles. The molecule has 210 valence electrons. The van der Waals surface area contributed by atoms with Crippen LogP contribution < -0.4 is 15.1 Å². The van der Waals surface area contributed by atoms with Gasteiger partial charge in [-0.25, -0.2) is 4.98 Å². The lowest BCUT2D eigenvalue weighted by Gasteiger charge is -2.41. The number of benzene rings is 1. The van der Waals surface area contributed by atoms with Crippen molar-refractivity contribution in [2.75, 3.05) is 60.7 Å².